The van der Waals surface area contributed by atoms with E-state index in [1.54, 1.807) is 0 Å². The standard InChI is InChI=1S/C23H26O2/c1-4-6-9-17(5-2)23(24)25-22-20-11-8-7-10-18(20)15-19-13-12-16(3)14-21(19)22/h7-8,10-15,17H,4-6,9H2,1-3H3. The van der Waals surface area contributed by atoms with Crippen molar-refractivity contribution in [2.75, 3.05) is 0 Å². The van der Waals surface area contributed by atoms with Crippen LogP contribution in [0.4, 0.5) is 0 Å². The molecular formula is C23H26O2. The van der Waals surface area contributed by atoms with Crippen LogP contribution in [0.25, 0.3) is 21.5 Å². The van der Waals surface area contributed by atoms with Gasteiger partial charge in [0.05, 0.1) is 5.92 Å². The van der Waals surface area contributed by atoms with Gasteiger partial charge >= 0.3 is 5.97 Å². The van der Waals surface area contributed by atoms with E-state index >= 15 is 0 Å². The van der Waals surface area contributed by atoms with Gasteiger partial charge in [0.2, 0.25) is 0 Å². The van der Waals surface area contributed by atoms with Gasteiger partial charge in [-0.05, 0) is 42.7 Å². The monoisotopic (exact) mass is 334 g/mol. The number of ether oxygens (including phenoxy) is 1. The Bertz CT molecular complexity index is 895. The molecule has 0 spiro atoms. The SMILES string of the molecule is CCCCC(CC)C(=O)Oc1c2ccccc2cc2ccc(C)cc12. The fraction of sp³-hybridized carbons (Fsp3) is 0.348. The fourth-order valence-electron chi connectivity index (χ4n) is 3.37. The number of esters is 1. The smallest absolute Gasteiger partial charge is 0.314 e. The topological polar surface area (TPSA) is 26.3 Å². The van der Waals surface area contributed by atoms with Crippen LogP contribution in [0.3, 0.4) is 0 Å². The predicted molar refractivity (Wildman–Crippen MR) is 105 cm³/mol. The summed E-state index contributed by atoms with van der Waals surface area (Å²) in [6, 6.07) is 16.6. The van der Waals surface area contributed by atoms with E-state index in [0.717, 1.165) is 52.8 Å². The molecule has 1 unspecified atom stereocenters. The fourth-order valence-corrected chi connectivity index (χ4v) is 3.37. The summed E-state index contributed by atoms with van der Waals surface area (Å²) in [5.74, 6) is 0.575. The molecule has 2 heteroatoms. The number of benzene rings is 3. The largest absolute Gasteiger partial charge is 0.425 e. The molecule has 1 atom stereocenters. The van der Waals surface area contributed by atoms with Crippen molar-refractivity contribution in [3.63, 3.8) is 0 Å². The second kappa shape index (κ2) is 7.69. The van der Waals surface area contributed by atoms with Crippen molar-refractivity contribution in [1.29, 1.82) is 0 Å². The van der Waals surface area contributed by atoms with Crippen LogP contribution in [-0.4, -0.2) is 5.97 Å². The number of carbonyl (C=O) groups excluding carboxylic acids is 1. The highest BCUT2D eigenvalue weighted by Gasteiger charge is 2.20. The van der Waals surface area contributed by atoms with Crippen molar-refractivity contribution in [1.82, 2.24) is 0 Å². The second-order valence-corrected chi connectivity index (χ2v) is 6.82. The van der Waals surface area contributed by atoms with Crippen LogP contribution in [0.2, 0.25) is 0 Å². The minimum absolute atomic E-state index is 0.0289. The molecule has 0 fully saturated rings. The number of hydrogen-bond acceptors (Lipinski definition) is 2. The van der Waals surface area contributed by atoms with Gasteiger partial charge in [0.1, 0.15) is 5.75 Å². The van der Waals surface area contributed by atoms with Crippen molar-refractivity contribution in [2.24, 2.45) is 5.92 Å². The molecule has 0 radical (unpaired) electrons. The molecule has 0 saturated carbocycles. The number of hydrogen-bond donors (Lipinski definition) is 0. The summed E-state index contributed by atoms with van der Waals surface area (Å²) in [6.07, 6.45) is 3.87. The van der Waals surface area contributed by atoms with Crippen molar-refractivity contribution in [3.05, 3.63) is 54.1 Å². The van der Waals surface area contributed by atoms with Crippen LogP contribution in [0.1, 0.15) is 45.1 Å². The van der Waals surface area contributed by atoms with Gasteiger partial charge in [0.15, 0.2) is 0 Å². The van der Waals surface area contributed by atoms with Gasteiger partial charge < -0.3 is 4.74 Å². The van der Waals surface area contributed by atoms with Crippen molar-refractivity contribution >= 4 is 27.5 Å². The zero-order valence-corrected chi connectivity index (χ0v) is 15.3. The molecule has 0 amide bonds. The Hall–Kier alpha value is -2.35. The van der Waals surface area contributed by atoms with Gasteiger partial charge in [-0.2, -0.15) is 0 Å². The first-order chi connectivity index (χ1) is 12.1. The number of fused-ring (bicyclic) bond motifs is 2. The lowest BCUT2D eigenvalue weighted by molar-refractivity contribution is -0.139. The number of carbonyl (C=O) groups is 1. The molecule has 3 rings (SSSR count). The first-order valence-electron chi connectivity index (χ1n) is 9.27. The molecule has 0 N–H and O–H groups in total. The number of unbranched alkanes of at least 4 members (excludes halogenated alkanes) is 1. The summed E-state index contributed by atoms with van der Waals surface area (Å²) >= 11 is 0. The molecule has 130 valence electrons. The normalized spacial score (nSPS) is 12.4. The Kier molecular flexibility index (Phi) is 5.37. The summed E-state index contributed by atoms with van der Waals surface area (Å²) in [7, 11) is 0. The van der Waals surface area contributed by atoms with E-state index in [9.17, 15) is 4.79 Å². The van der Waals surface area contributed by atoms with E-state index in [1.165, 1.54) is 0 Å². The second-order valence-electron chi connectivity index (χ2n) is 6.82. The molecule has 0 aliphatic heterocycles. The first kappa shape index (κ1) is 17.5. The molecule has 3 aromatic rings. The molecule has 0 saturated heterocycles. The van der Waals surface area contributed by atoms with E-state index in [1.807, 2.05) is 18.2 Å². The molecule has 3 aromatic carbocycles. The van der Waals surface area contributed by atoms with Gasteiger partial charge in [-0.25, -0.2) is 0 Å². The molecule has 0 bridgehead atoms. The Morgan fingerprint density at radius 2 is 1.76 bits per heavy atom. The average molecular weight is 334 g/mol. The summed E-state index contributed by atoms with van der Waals surface area (Å²) < 4.78 is 6.01. The minimum atomic E-state index is -0.102. The quantitative estimate of drug-likeness (QED) is 0.295. The molecule has 25 heavy (non-hydrogen) atoms. The van der Waals surface area contributed by atoms with Gasteiger partial charge in [0, 0.05) is 10.8 Å². The highest BCUT2D eigenvalue weighted by molar-refractivity contribution is 6.06. The van der Waals surface area contributed by atoms with Crippen molar-refractivity contribution in [3.8, 4) is 5.75 Å². The van der Waals surface area contributed by atoms with E-state index < -0.39 is 0 Å². The van der Waals surface area contributed by atoms with Crippen molar-refractivity contribution in [2.45, 2.75) is 46.5 Å². The maximum Gasteiger partial charge on any atom is 0.314 e. The highest BCUT2D eigenvalue weighted by Crippen LogP contribution is 2.36. The summed E-state index contributed by atoms with van der Waals surface area (Å²) in [5.41, 5.74) is 1.16. The van der Waals surface area contributed by atoms with Gasteiger partial charge in [-0.15, -0.1) is 0 Å². The zero-order chi connectivity index (χ0) is 17.8. The average Bonchev–Trinajstić information content (AvgIpc) is 2.62. The lowest BCUT2D eigenvalue weighted by Gasteiger charge is -2.17. The van der Waals surface area contributed by atoms with Gasteiger partial charge in [-0.3, -0.25) is 4.79 Å². The predicted octanol–water partition coefficient (Wildman–Crippen LogP) is 6.42. The maximum atomic E-state index is 12.8. The van der Waals surface area contributed by atoms with E-state index in [4.69, 9.17) is 4.74 Å². The van der Waals surface area contributed by atoms with Crippen LogP contribution >= 0.6 is 0 Å². The van der Waals surface area contributed by atoms with Crippen LogP contribution in [0.15, 0.2) is 48.5 Å². The Balaban J connectivity index is 2.08. The molecule has 0 heterocycles. The molecule has 0 aliphatic carbocycles. The number of aryl methyl sites for hydroxylation is 1. The Morgan fingerprint density at radius 1 is 1.00 bits per heavy atom. The first-order valence-corrected chi connectivity index (χ1v) is 9.27. The number of rotatable bonds is 6. The Labute approximate surface area is 149 Å². The van der Waals surface area contributed by atoms with Crippen LogP contribution in [0, 0.1) is 12.8 Å². The third kappa shape index (κ3) is 3.68. The zero-order valence-electron chi connectivity index (χ0n) is 15.3. The van der Waals surface area contributed by atoms with E-state index in [0.29, 0.717) is 5.75 Å². The lowest BCUT2D eigenvalue weighted by Crippen LogP contribution is -2.20. The van der Waals surface area contributed by atoms with Crippen LogP contribution in [0.5, 0.6) is 5.75 Å². The summed E-state index contributed by atoms with van der Waals surface area (Å²) in [4.78, 5) is 12.8. The molecule has 2 nitrogen and oxygen atoms in total. The van der Waals surface area contributed by atoms with E-state index in [-0.39, 0.29) is 11.9 Å². The highest BCUT2D eigenvalue weighted by atomic mass is 16.5. The minimum Gasteiger partial charge on any atom is -0.425 e. The third-order valence-electron chi connectivity index (χ3n) is 4.90. The molecular weight excluding hydrogens is 308 g/mol. The van der Waals surface area contributed by atoms with Gasteiger partial charge in [-0.1, -0.05) is 68.7 Å². The van der Waals surface area contributed by atoms with E-state index in [2.05, 4.69) is 51.1 Å². The van der Waals surface area contributed by atoms with Crippen LogP contribution < -0.4 is 4.74 Å². The van der Waals surface area contributed by atoms with Gasteiger partial charge in [0.25, 0.3) is 0 Å². The van der Waals surface area contributed by atoms with Crippen LogP contribution in [-0.2, 0) is 4.79 Å². The molecule has 0 aromatic heterocycles. The summed E-state index contributed by atoms with van der Waals surface area (Å²) in [6.45, 7) is 6.28. The maximum absolute atomic E-state index is 12.8. The lowest BCUT2D eigenvalue weighted by atomic mass is 9.98. The Morgan fingerprint density at radius 3 is 2.52 bits per heavy atom. The van der Waals surface area contributed by atoms with Crippen molar-refractivity contribution < 1.29 is 9.53 Å². The third-order valence-corrected chi connectivity index (χ3v) is 4.90. The summed E-state index contributed by atoms with van der Waals surface area (Å²) in [5, 5.41) is 4.22. The molecule has 0 aliphatic rings.